The van der Waals surface area contributed by atoms with Crippen LogP contribution in [0.3, 0.4) is 0 Å². The van der Waals surface area contributed by atoms with Crippen molar-refractivity contribution in [2.45, 2.75) is 6.92 Å². The van der Waals surface area contributed by atoms with Gasteiger partial charge in [-0.2, -0.15) is 0 Å². The molecule has 0 N–H and O–H groups in total. The van der Waals surface area contributed by atoms with Crippen molar-refractivity contribution in [3.8, 4) is 0 Å². The summed E-state index contributed by atoms with van der Waals surface area (Å²) in [6.07, 6.45) is 0. The molecule has 2 heterocycles. The zero-order valence-corrected chi connectivity index (χ0v) is 11.0. The summed E-state index contributed by atoms with van der Waals surface area (Å²) in [6, 6.07) is 7.13. The molecule has 0 amide bonds. The third-order valence-electron chi connectivity index (χ3n) is 2.84. The molecule has 0 spiro atoms. The highest BCUT2D eigenvalue weighted by molar-refractivity contribution is 7.17. The zero-order valence-electron chi connectivity index (χ0n) is 10.1. The van der Waals surface area contributed by atoms with E-state index in [9.17, 15) is 9.59 Å². The number of hydrogen-bond donors (Lipinski definition) is 0. The van der Waals surface area contributed by atoms with E-state index in [0.29, 0.717) is 5.58 Å². The standard InChI is InChI=1S/C14H10O4S/c1-2-17-13(15)10-7-9-8-5-6-19-12(8)4-3-11(9)18-14(10)16/h3-7H,2H2,1H3. The monoisotopic (exact) mass is 274 g/mol. The molecule has 0 unspecified atom stereocenters. The molecule has 0 aliphatic carbocycles. The molecule has 2 aromatic heterocycles. The van der Waals surface area contributed by atoms with Crippen LogP contribution >= 0.6 is 11.3 Å². The molecule has 0 fully saturated rings. The quantitative estimate of drug-likeness (QED) is 0.532. The molecule has 0 saturated heterocycles. The highest BCUT2D eigenvalue weighted by atomic mass is 32.1. The Labute approximate surface area is 112 Å². The molecule has 4 nitrogen and oxygen atoms in total. The number of ether oxygens (including phenoxy) is 1. The molecule has 0 radical (unpaired) electrons. The van der Waals surface area contributed by atoms with Crippen LogP contribution < -0.4 is 5.63 Å². The maximum Gasteiger partial charge on any atom is 0.351 e. The molecule has 5 heteroatoms. The normalized spacial score (nSPS) is 11.0. The average molecular weight is 274 g/mol. The van der Waals surface area contributed by atoms with Gasteiger partial charge >= 0.3 is 11.6 Å². The van der Waals surface area contributed by atoms with E-state index in [-0.39, 0.29) is 12.2 Å². The summed E-state index contributed by atoms with van der Waals surface area (Å²) in [5.41, 5.74) is -0.252. The minimum absolute atomic E-state index is 0.0620. The third-order valence-corrected chi connectivity index (χ3v) is 3.73. The van der Waals surface area contributed by atoms with Crippen LogP contribution in [0.1, 0.15) is 17.3 Å². The van der Waals surface area contributed by atoms with Gasteiger partial charge in [0.05, 0.1) is 6.61 Å². The number of thiophene rings is 1. The first-order valence-electron chi connectivity index (χ1n) is 5.82. The molecule has 19 heavy (non-hydrogen) atoms. The van der Waals surface area contributed by atoms with Gasteiger partial charge in [0, 0.05) is 15.5 Å². The van der Waals surface area contributed by atoms with Gasteiger partial charge in [-0.3, -0.25) is 0 Å². The summed E-state index contributed by atoms with van der Waals surface area (Å²) in [4.78, 5) is 23.5. The summed E-state index contributed by atoms with van der Waals surface area (Å²) in [6.45, 7) is 1.91. The molecular weight excluding hydrogens is 264 g/mol. The maximum atomic E-state index is 11.8. The van der Waals surface area contributed by atoms with Gasteiger partial charge in [0.2, 0.25) is 0 Å². The Morgan fingerprint density at radius 2 is 2.16 bits per heavy atom. The van der Waals surface area contributed by atoms with E-state index >= 15 is 0 Å². The van der Waals surface area contributed by atoms with Crippen molar-refractivity contribution >= 4 is 38.4 Å². The fourth-order valence-electron chi connectivity index (χ4n) is 1.99. The smallest absolute Gasteiger partial charge is 0.351 e. The topological polar surface area (TPSA) is 56.5 Å². The van der Waals surface area contributed by atoms with Crippen molar-refractivity contribution < 1.29 is 13.9 Å². The van der Waals surface area contributed by atoms with Gasteiger partial charge in [0.1, 0.15) is 11.1 Å². The second kappa shape index (κ2) is 4.51. The number of benzene rings is 1. The van der Waals surface area contributed by atoms with E-state index in [4.69, 9.17) is 9.15 Å². The van der Waals surface area contributed by atoms with Crippen molar-refractivity contribution in [3.05, 3.63) is 45.6 Å². The van der Waals surface area contributed by atoms with Gasteiger partial charge < -0.3 is 9.15 Å². The van der Waals surface area contributed by atoms with Crippen LogP contribution in [0.2, 0.25) is 0 Å². The van der Waals surface area contributed by atoms with E-state index < -0.39 is 11.6 Å². The van der Waals surface area contributed by atoms with Gasteiger partial charge in [-0.05, 0) is 36.6 Å². The van der Waals surface area contributed by atoms with Crippen molar-refractivity contribution in [1.82, 2.24) is 0 Å². The van der Waals surface area contributed by atoms with Gasteiger partial charge in [-0.1, -0.05) is 0 Å². The fraction of sp³-hybridized carbons (Fsp3) is 0.143. The fourth-order valence-corrected chi connectivity index (χ4v) is 2.80. The Balaban J connectivity index is 2.32. The molecule has 3 rings (SSSR count). The van der Waals surface area contributed by atoms with E-state index in [1.165, 1.54) is 0 Å². The van der Waals surface area contributed by atoms with Crippen molar-refractivity contribution in [2.24, 2.45) is 0 Å². The van der Waals surface area contributed by atoms with Crippen LogP contribution in [-0.2, 0) is 4.74 Å². The van der Waals surface area contributed by atoms with Gasteiger partial charge in [-0.25, -0.2) is 9.59 Å². The molecular formula is C14H10O4S. The summed E-state index contributed by atoms with van der Waals surface area (Å²) in [5, 5.41) is 3.68. The van der Waals surface area contributed by atoms with Crippen LogP contribution in [0.4, 0.5) is 0 Å². The van der Waals surface area contributed by atoms with Crippen LogP contribution in [0.5, 0.6) is 0 Å². The number of fused-ring (bicyclic) bond motifs is 3. The molecule has 3 aromatic rings. The van der Waals surface area contributed by atoms with Crippen molar-refractivity contribution in [2.75, 3.05) is 6.61 Å². The van der Waals surface area contributed by atoms with Gasteiger partial charge in [-0.15, -0.1) is 11.3 Å². The van der Waals surface area contributed by atoms with Crippen molar-refractivity contribution in [1.29, 1.82) is 0 Å². The molecule has 0 aliphatic rings. The number of rotatable bonds is 2. The Bertz CT molecular complexity index is 828. The molecule has 0 saturated carbocycles. The Hall–Kier alpha value is -2.14. The number of carbonyl (C=O) groups excluding carboxylic acids is 1. The number of hydrogen-bond acceptors (Lipinski definition) is 5. The maximum absolute atomic E-state index is 11.8. The first kappa shape index (κ1) is 11.9. The van der Waals surface area contributed by atoms with Crippen molar-refractivity contribution in [3.63, 3.8) is 0 Å². The van der Waals surface area contributed by atoms with Crippen LogP contribution in [-0.4, -0.2) is 12.6 Å². The average Bonchev–Trinajstić information content (AvgIpc) is 2.86. The first-order valence-corrected chi connectivity index (χ1v) is 6.70. The molecule has 96 valence electrons. The lowest BCUT2D eigenvalue weighted by Gasteiger charge is -2.03. The number of carbonyl (C=O) groups is 1. The van der Waals surface area contributed by atoms with Gasteiger partial charge in [0.15, 0.2) is 0 Å². The number of esters is 1. The molecule has 0 atom stereocenters. The second-order valence-electron chi connectivity index (χ2n) is 3.98. The van der Waals surface area contributed by atoms with E-state index in [1.54, 1.807) is 30.4 Å². The Kier molecular flexibility index (Phi) is 2.83. The largest absolute Gasteiger partial charge is 0.462 e. The minimum Gasteiger partial charge on any atom is -0.462 e. The highest BCUT2D eigenvalue weighted by Gasteiger charge is 2.15. The lowest BCUT2D eigenvalue weighted by atomic mass is 10.1. The Morgan fingerprint density at radius 3 is 2.95 bits per heavy atom. The Morgan fingerprint density at radius 1 is 1.32 bits per heavy atom. The van der Waals surface area contributed by atoms with E-state index in [0.717, 1.165) is 15.5 Å². The SMILES string of the molecule is CCOC(=O)c1cc2c(ccc3sccc32)oc1=O. The summed E-state index contributed by atoms with van der Waals surface area (Å²) in [5.74, 6) is -0.648. The minimum atomic E-state index is -0.666. The van der Waals surface area contributed by atoms with Crippen LogP contribution in [0, 0.1) is 0 Å². The molecule has 0 aliphatic heterocycles. The molecule has 0 bridgehead atoms. The van der Waals surface area contributed by atoms with Crippen LogP contribution in [0.25, 0.3) is 21.1 Å². The third kappa shape index (κ3) is 1.92. The van der Waals surface area contributed by atoms with Crippen LogP contribution in [0.15, 0.2) is 38.9 Å². The predicted octanol–water partition coefficient (Wildman–Crippen LogP) is 3.18. The zero-order chi connectivity index (χ0) is 13.4. The lowest BCUT2D eigenvalue weighted by Crippen LogP contribution is -2.16. The van der Waals surface area contributed by atoms with E-state index in [2.05, 4.69) is 0 Å². The lowest BCUT2D eigenvalue weighted by molar-refractivity contribution is 0.0522. The summed E-state index contributed by atoms with van der Waals surface area (Å²) >= 11 is 1.59. The highest BCUT2D eigenvalue weighted by Crippen LogP contribution is 2.28. The predicted molar refractivity (Wildman–Crippen MR) is 73.8 cm³/mol. The molecule has 1 aromatic carbocycles. The summed E-state index contributed by atoms with van der Waals surface area (Å²) in [7, 11) is 0. The first-order chi connectivity index (χ1) is 9.20. The van der Waals surface area contributed by atoms with E-state index in [1.807, 2.05) is 17.5 Å². The summed E-state index contributed by atoms with van der Waals surface area (Å²) < 4.78 is 11.1. The van der Waals surface area contributed by atoms with Gasteiger partial charge in [0.25, 0.3) is 0 Å². The second-order valence-corrected chi connectivity index (χ2v) is 4.93.